The number of rotatable bonds is 7. The van der Waals surface area contributed by atoms with Gasteiger partial charge in [0.25, 0.3) is 0 Å². The van der Waals surface area contributed by atoms with Crippen LogP contribution in [-0.4, -0.2) is 61.0 Å². The number of piperidine rings is 1. The molecule has 8 heteroatoms. The van der Waals surface area contributed by atoms with Crippen molar-refractivity contribution in [2.75, 3.05) is 61.1 Å². The van der Waals surface area contributed by atoms with Gasteiger partial charge in [-0.3, -0.25) is 0 Å². The smallest absolute Gasteiger partial charge is 0.232 e. The first-order valence-corrected chi connectivity index (χ1v) is 12.5. The summed E-state index contributed by atoms with van der Waals surface area (Å²) in [6.07, 6.45) is 3.30. The number of benzene rings is 1. The Morgan fingerprint density at radius 2 is 1.70 bits per heavy atom. The summed E-state index contributed by atoms with van der Waals surface area (Å²) in [6.45, 7) is 10.6. The van der Waals surface area contributed by atoms with Gasteiger partial charge < -0.3 is 25.2 Å². The lowest BCUT2D eigenvalue weighted by molar-refractivity contribution is 0.122. The molecule has 2 saturated heterocycles. The van der Waals surface area contributed by atoms with E-state index >= 15 is 0 Å². The van der Waals surface area contributed by atoms with E-state index < -0.39 is 0 Å². The average molecular weight is 469 g/mol. The van der Waals surface area contributed by atoms with Crippen LogP contribution >= 0.6 is 12.2 Å². The highest BCUT2D eigenvalue weighted by Crippen LogP contribution is 2.28. The van der Waals surface area contributed by atoms with E-state index in [4.69, 9.17) is 26.9 Å². The van der Waals surface area contributed by atoms with Crippen molar-refractivity contribution in [3.05, 3.63) is 42.0 Å². The second-order valence-electron chi connectivity index (χ2n) is 9.33. The van der Waals surface area contributed by atoms with Gasteiger partial charge in [-0.2, -0.15) is 9.97 Å². The van der Waals surface area contributed by atoms with Crippen molar-refractivity contribution in [1.29, 1.82) is 0 Å². The highest BCUT2D eigenvalue weighted by Gasteiger charge is 2.25. The lowest BCUT2D eigenvalue weighted by Crippen LogP contribution is -2.40. The molecule has 2 N–H and O–H groups in total. The van der Waals surface area contributed by atoms with Crippen molar-refractivity contribution < 1.29 is 4.74 Å². The van der Waals surface area contributed by atoms with Crippen LogP contribution in [0.15, 0.2) is 36.4 Å². The zero-order valence-corrected chi connectivity index (χ0v) is 20.6. The first kappa shape index (κ1) is 23.7. The molecule has 3 heterocycles. The Morgan fingerprint density at radius 3 is 2.39 bits per heavy atom. The predicted molar refractivity (Wildman–Crippen MR) is 139 cm³/mol. The first-order valence-electron chi connectivity index (χ1n) is 12.1. The molecule has 0 aliphatic carbocycles. The highest BCUT2D eigenvalue weighted by molar-refractivity contribution is 7.80. The summed E-state index contributed by atoms with van der Waals surface area (Å²) >= 11 is 5.55. The van der Waals surface area contributed by atoms with Crippen LogP contribution in [0.4, 0.5) is 17.6 Å². The van der Waals surface area contributed by atoms with E-state index in [1.165, 1.54) is 12.0 Å². The van der Waals surface area contributed by atoms with Gasteiger partial charge in [0, 0.05) is 38.8 Å². The van der Waals surface area contributed by atoms with E-state index in [0.29, 0.717) is 22.9 Å². The molecule has 0 bridgehead atoms. The van der Waals surface area contributed by atoms with Crippen LogP contribution in [0.1, 0.15) is 32.3 Å². The van der Waals surface area contributed by atoms with Crippen LogP contribution in [0.5, 0.6) is 0 Å². The Hall–Kier alpha value is -2.45. The minimum Gasteiger partial charge on any atom is -0.378 e. The third kappa shape index (κ3) is 7.01. The summed E-state index contributed by atoms with van der Waals surface area (Å²) in [4.78, 5) is 14.3. The van der Waals surface area contributed by atoms with Crippen molar-refractivity contribution in [3.8, 4) is 0 Å². The second kappa shape index (κ2) is 11.6. The fourth-order valence-electron chi connectivity index (χ4n) is 4.73. The number of nitrogens with one attached hydrogen (secondary N) is 2. The molecule has 0 saturated carbocycles. The number of morpholine rings is 1. The van der Waals surface area contributed by atoms with Gasteiger partial charge in [0.05, 0.1) is 13.2 Å². The Bertz CT molecular complexity index is 895. The Balaban J connectivity index is 1.41. The summed E-state index contributed by atoms with van der Waals surface area (Å²) < 4.78 is 5.54. The van der Waals surface area contributed by atoms with E-state index in [9.17, 15) is 0 Å². The molecule has 2 atom stereocenters. The van der Waals surface area contributed by atoms with E-state index in [1.54, 1.807) is 0 Å². The molecule has 33 heavy (non-hydrogen) atoms. The van der Waals surface area contributed by atoms with E-state index in [-0.39, 0.29) is 0 Å². The number of hydrogen-bond donors (Lipinski definition) is 2. The van der Waals surface area contributed by atoms with Gasteiger partial charge >= 0.3 is 0 Å². The second-order valence-corrected chi connectivity index (χ2v) is 9.74. The molecule has 1 aromatic carbocycles. The van der Waals surface area contributed by atoms with Crippen molar-refractivity contribution in [2.24, 2.45) is 11.8 Å². The van der Waals surface area contributed by atoms with Gasteiger partial charge in [0.1, 0.15) is 11.6 Å². The highest BCUT2D eigenvalue weighted by atomic mass is 32.1. The van der Waals surface area contributed by atoms with Gasteiger partial charge in [0.15, 0.2) is 5.11 Å². The van der Waals surface area contributed by atoms with Crippen LogP contribution in [-0.2, 0) is 11.2 Å². The van der Waals surface area contributed by atoms with Gasteiger partial charge in [-0.25, -0.2) is 0 Å². The molecule has 0 amide bonds. The lowest BCUT2D eigenvalue weighted by Gasteiger charge is -2.36. The van der Waals surface area contributed by atoms with Crippen molar-refractivity contribution in [1.82, 2.24) is 15.3 Å². The zero-order chi connectivity index (χ0) is 23.0. The summed E-state index contributed by atoms with van der Waals surface area (Å²) in [5.41, 5.74) is 1.34. The molecular weight excluding hydrogens is 432 g/mol. The molecule has 2 aliphatic heterocycles. The third-order valence-electron chi connectivity index (χ3n) is 6.22. The van der Waals surface area contributed by atoms with Crippen molar-refractivity contribution >= 4 is 34.9 Å². The SMILES string of the molecule is C[C@@H]1C[C@H](C)CN(c2cc(N3CCOCC3)nc(NC(=S)NCCCc3ccccc3)n2)C1. The molecule has 1 aromatic heterocycles. The molecule has 2 aromatic rings. The quantitative estimate of drug-likeness (QED) is 0.471. The minimum absolute atomic E-state index is 0.556. The Labute approximate surface area is 202 Å². The van der Waals surface area contributed by atoms with Gasteiger partial charge in [0.2, 0.25) is 5.95 Å². The van der Waals surface area contributed by atoms with Gasteiger partial charge in [-0.1, -0.05) is 44.2 Å². The lowest BCUT2D eigenvalue weighted by atomic mass is 9.92. The summed E-state index contributed by atoms with van der Waals surface area (Å²) in [7, 11) is 0. The van der Waals surface area contributed by atoms with E-state index in [0.717, 1.165) is 70.4 Å². The standard InChI is InChI=1S/C25H36N6OS/c1-19-15-20(2)18-31(17-19)23-16-22(30-11-13-32-14-12-30)27-24(28-23)29-25(33)26-10-6-9-21-7-4-3-5-8-21/h3-5,7-8,16,19-20H,6,9-15,17-18H2,1-2H3,(H2,26,27,28,29,33)/t19-,20+. The molecule has 2 aliphatic rings. The molecular formula is C25H36N6OS. The maximum Gasteiger partial charge on any atom is 0.232 e. The number of aryl methyl sites for hydroxylation is 1. The summed E-state index contributed by atoms with van der Waals surface area (Å²) in [5, 5.41) is 7.11. The summed E-state index contributed by atoms with van der Waals surface area (Å²) in [6, 6.07) is 12.6. The third-order valence-corrected chi connectivity index (χ3v) is 6.47. The number of aromatic nitrogens is 2. The van der Waals surface area contributed by atoms with Crippen molar-refractivity contribution in [3.63, 3.8) is 0 Å². The van der Waals surface area contributed by atoms with Gasteiger partial charge in [-0.05, 0) is 48.9 Å². The maximum absolute atomic E-state index is 5.55. The largest absolute Gasteiger partial charge is 0.378 e. The molecule has 178 valence electrons. The first-order chi connectivity index (χ1) is 16.1. The Morgan fingerprint density at radius 1 is 1.03 bits per heavy atom. The average Bonchev–Trinajstić information content (AvgIpc) is 2.82. The maximum atomic E-state index is 5.55. The molecule has 0 spiro atoms. The minimum atomic E-state index is 0.556. The van der Waals surface area contributed by atoms with Crippen LogP contribution in [0.25, 0.3) is 0 Å². The molecule has 0 unspecified atom stereocenters. The Kier molecular flexibility index (Phi) is 8.34. The van der Waals surface area contributed by atoms with Crippen LogP contribution in [0.2, 0.25) is 0 Å². The number of hydrogen-bond acceptors (Lipinski definition) is 6. The molecule has 4 rings (SSSR count). The number of thiocarbonyl (C=S) groups is 1. The van der Waals surface area contributed by atoms with Crippen LogP contribution in [0, 0.1) is 11.8 Å². The summed E-state index contributed by atoms with van der Waals surface area (Å²) in [5.74, 6) is 3.77. The normalized spacial score (nSPS) is 21.0. The van der Waals surface area contributed by atoms with E-state index in [1.807, 2.05) is 6.07 Å². The van der Waals surface area contributed by atoms with Gasteiger partial charge in [-0.15, -0.1) is 0 Å². The molecule has 7 nitrogen and oxygen atoms in total. The predicted octanol–water partition coefficient (Wildman–Crippen LogP) is 3.71. The molecule has 2 fully saturated rings. The van der Waals surface area contributed by atoms with Crippen molar-refractivity contribution in [2.45, 2.75) is 33.1 Å². The zero-order valence-electron chi connectivity index (χ0n) is 19.8. The van der Waals surface area contributed by atoms with Crippen LogP contribution < -0.4 is 20.4 Å². The molecule has 0 radical (unpaired) electrons. The number of ether oxygens (including phenoxy) is 1. The van der Waals surface area contributed by atoms with E-state index in [2.05, 4.69) is 64.6 Å². The fraction of sp³-hybridized carbons (Fsp3) is 0.560. The number of anilines is 3. The van der Waals surface area contributed by atoms with Crippen LogP contribution in [0.3, 0.4) is 0 Å². The monoisotopic (exact) mass is 468 g/mol. The number of nitrogens with zero attached hydrogens (tertiary/aromatic N) is 4. The topological polar surface area (TPSA) is 65.6 Å². The fourth-order valence-corrected chi connectivity index (χ4v) is 4.92.